The number of fused-ring (bicyclic) bond motifs is 1. The van der Waals surface area contributed by atoms with E-state index in [-0.39, 0.29) is 39.3 Å². The van der Waals surface area contributed by atoms with Crippen molar-refractivity contribution in [1.82, 2.24) is 15.0 Å². The summed E-state index contributed by atoms with van der Waals surface area (Å²) in [5, 5.41) is 42.8. The van der Waals surface area contributed by atoms with E-state index >= 15 is 0 Å². The minimum Gasteiger partial charge on any atom is -0.505 e. The molecule has 0 aliphatic heterocycles. The van der Waals surface area contributed by atoms with Gasteiger partial charge in [-0.1, -0.05) is 0 Å². The Labute approximate surface area is 232 Å². The van der Waals surface area contributed by atoms with Gasteiger partial charge in [-0.25, -0.2) is 8.42 Å². The van der Waals surface area contributed by atoms with E-state index in [4.69, 9.17) is 22.0 Å². The van der Waals surface area contributed by atoms with Crippen LogP contribution in [0.5, 0.6) is 5.75 Å². The zero-order valence-corrected chi connectivity index (χ0v) is 22.4. The Morgan fingerprint density at radius 2 is 1.74 bits per heavy atom. The van der Waals surface area contributed by atoms with E-state index in [1.54, 1.807) is 24.4 Å². The van der Waals surface area contributed by atoms with Crippen molar-refractivity contribution in [3.05, 3.63) is 47.7 Å². The third kappa shape index (κ3) is 5.90. The second kappa shape index (κ2) is 11.4. The van der Waals surface area contributed by atoms with Gasteiger partial charge in [0, 0.05) is 20.6 Å². The van der Waals surface area contributed by atoms with Crippen molar-refractivity contribution >= 4 is 86.4 Å². The smallest absolute Gasteiger partial charge is 0.242 e. The molecule has 0 bridgehead atoms. The minimum absolute atomic E-state index is 0.0387. The predicted molar refractivity (Wildman–Crippen MR) is 147 cm³/mol. The van der Waals surface area contributed by atoms with Crippen LogP contribution in [0.1, 0.15) is 0 Å². The molecule has 0 unspecified atom stereocenters. The highest BCUT2D eigenvalue weighted by atomic mass is 35.5. The molecule has 194 valence electrons. The van der Waals surface area contributed by atoms with Crippen LogP contribution in [-0.4, -0.2) is 45.9 Å². The van der Waals surface area contributed by atoms with Gasteiger partial charge in [0.1, 0.15) is 5.69 Å². The fourth-order valence-corrected chi connectivity index (χ4v) is 5.09. The van der Waals surface area contributed by atoms with Gasteiger partial charge in [-0.15, -0.1) is 30.4 Å². The van der Waals surface area contributed by atoms with Crippen LogP contribution in [0.4, 0.5) is 29.0 Å². The molecule has 1 aromatic heterocycles. The number of benzene rings is 3. The zero-order chi connectivity index (χ0) is 27.4. The Bertz CT molecular complexity index is 1710. The molecule has 0 saturated carbocycles. The average molecular weight is 589 g/mol. The Morgan fingerprint density at radius 3 is 2.42 bits per heavy atom. The van der Waals surface area contributed by atoms with Crippen molar-refractivity contribution in [2.75, 3.05) is 23.0 Å². The van der Waals surface area contributed by atoms with E-state index in [1.165, 1.54) is 24.3 Å². The number of halogens is 1. The molecular formula is C22H17ClN8O4S3. The highest BCUT2D eigenvalue weighted by Gasteiger charge is 2.16. The number of thiol groups is 2. The van der Waals surface area contributed by atoms with Crippen molar-refractivity contribution in [3.8, 4) is 11.9 Å². The molecule has 0 saturated heterocycles. The Morgan fingerprint density at radius 1 is 1.03 bits per heavy atom. The molecule has 38 heavy (non-hydrogen) atoms. The van der Waals surface area contributed by atoms with Crippen molar-refractivity contribution in [2.45, 2.75) is 14.7 Å². The maximum absolute atomic E-state index is 12.0. The molecular weight excluding hydrogens is 572 g/mol. The second-order valence-corrected chi connectivity index (χ2v) is 10.9. The molecule has 4 rings (SSSR count). The molecule has 3 aromatic carbocycles. The van der Waals surface area contributed by atoms with Crippen LogP contribution in [0.15, 0.2) is 67.4 Å². The number of anilines is 3. The van der Waals surface area contributed by atoms with E-state index in [2.05, 4.69) is 61.1 Å². The molecule has 16 heteroatoms. The lowest BCUT2D eigenvalue weighted by Gasteiger charge is -2.13. The number of aromatic nitrogens is 3. The van der Waals surface area contributed by atoms with Crippen LogP contribution in [0.2, 0.25) is 5.28 Å². The number of aromatic hydroxyl groups is 1. The maximum Gasteiger partial charge on any atom is 0.242 e. The zero-order valence-electron chi connectivity index (χ0n) is 19.0. The summed E-state index contributed by atoms with van der Waals surface area (Å²) < 4.78 is 24.1. The van der Waals surface area contributed by atoms with E-state index in [0.717, 1.165) is 0 Å². The fraction of sp³-hybridized carbons (Fsp3) is 0.0909. The lowest BCUT2D eigenvalue weighted by atomic mass is 10.1. The van der Waals surface area contributed by atoms with Gasteiger partial charge in [0.15, 0.2) is 21.8 Å². The quantitative estimate of drug-likeness (QED) is 0.0723. The first kappa shape index (κ1) is 27.4. The van der Waals surface area contributed by atoms with Gasteiger partial charge in [-0.3, -0.25) is 5.32 Å². The molecule has 0 atom stereocenters. The monoisotopic (exact) mass is 588 g/mol. The number of aliphatic hydroxyl groups is 1. The number of rotatable bonds is 8. The van der Waals surface area contributed by atoms with E-state index in [1.807, 2.05) is 0 Å². The molecule has 0 aliphatic rings. The first-order valence-corrected chi connectivity index (χ1v) is 13.4. The van der Waals surface area contributed by atoms with Gasteiger partial charge in [0.05, 0.1) is 28.6 Å². The highest BCUT2D eigenvalue weighted by molar-refractivity contribution is 7.91. The first-order chi connectivity index (χ1) is 18.1. The van der Waals surface area contributed by atoms with Crippen molar-refractivity contribution < 1.29 is 18.6 Å². The molecule has 0 amide bonds. The summed E-state index contributed by atoms with van der Waals surface area (Å²) in [6.45, 7) is -0.478. The lowest BCUT2D eigenvalue weighted by molar-refractivity contribution is 0.319. The maximum atomic E-state index is 12.0. The third-order valence-corrected chi connectivity index (χ3v) is 7.77. The van der Waals surface area contributed by atoms with Crippen LogP contribution in [0.25, 0.3) is 10.8 Å². The molecule has 12 nitrogen and oxygen atoms in total. The van der Waals surface area contributed by atoms with E-state index in [9.17, 15) is 13.5 Å². The summed E-state index contributed by atoms with van der Waals surface area (Å²) in [5.41, 5.74) is 0.919. The number of nitrogens with one attached hydrogen (secondary N) is 2. The van der Waals surface area contributed by atoms with Crippen molar-refractivity contribution in [3.63, 3.8) is 0 Å². The normalized spacial score (nSPS) is 11.6. The van der Waals surface area contributed by atoms with Crippen molar-refractivity contribution in [2.24, 2.45) is 10.2 Å². The van der Waals surface area contributed by atoms with Crippen molar-refractivity contribution in [1.29, 1.82) is 5.26 Å². The molecule has 4 aromatic rings. The number of phenolic OH excluding ortho intramolecular Hbond substituents is 1. The first-order valence-electron chi connectivity index (χ1n) is 10.5. The van der Waals surface area contributed by atoms with Gasteiger partial charge in [-0.05, 0) is 54.1 Å². The largest absolute Gasteiger partial charge is 0.505 e. The lowest BCUT2D eigenvalue weighted by Crippen LogP contribution is -2.09. The SMILES string of the molecule is N#CNc1nc(Cl)nc(Nc2ccc3c(O)c(N=Nc4ccc(S(=O)(=O)CCO)cc4)c(S)cc3c2S)n1. The highest BCUT2D eigenvalue weighted by Crippen LogP contribution is 2.44. The van der Waals surface area contributed by atoms with Crippen LogP contribution in [0.3, 0.4) is 0 Å². The molecule has 0 fully saturated rings. The van der Waals surface area contributed by atoms with E-state index in [0.29, 0.717) is 31.9 Å². The average Bonchev–Trinajstić information content (AvgIpc) is 2.86. The summed E-state index contributed by atoms with van der Waals surface area (Å²) in [6, 6.07) is 10.5. The van der Waals surface area contributed by atoms with Gasteiger partial charge in [-0.2, -0.15) is 25.3 Å². The molecule has 0 aliphatic carbocycles. The fourth-order valence-electron chi connectivity index (χ4n) is 3.31. The Balaban J connectivity index is 1.64. The Hall–Kier alpha value is -3.68. The third-order valence-electron chi connectivity index (χ3n) is 5.06. The topological polar surface area (TPSA) is 186 Å². The number of nitrogens with zero attached hydrogens (tertiary/aromatic N) is 6. The number of nitriles is 1. The number of hydrogen-bond acceptors (Lipinski definition) is 14. The number of sulfone groups is 1. The molecule has 0 radical (unpaired) electrons. The van der Waals surface area contributed by atoms with Crippen LogP contribution in [-0.2, 0) is 9.84 Å². The van der Waals surface area contributed by atoms with Crippen LogP contribution >= 0.6 is 36.9 Å². The summed E-state index contributed by atoms with van der Waals surface area (Å²) in [5.74, 6) is -0.546. The second-order valence-electron chi connectivity index (χ2n) is 7.50. The van der Waals surface area contributed by atoms with Gasteiger partial charge in [0.2, 0.25) is 17.2 Å². The van der Waals surface area contributed by atoms with Gasteiger partial charge < -0.3 is 15.5 Å². The molecule has 4 N–H and O–H groups in total. The van der Waals surface area contributed by atoms with E-state index < -0.39 is 16.4 Å². The predicted octanol–water partition coefficient (Wildman–Crippen LogP) is 4.78. The molecule has 1 heterocycles. The van der Waals surface area contributed by atoms with Crippen LogP contribution < -0.4 is 10.6 Å². The number of phenols is 1. The number of azo groups is 1. The summed E-state index contributed by atoms with van der Waals surface area (Å²) in [6.07, 6.45) is 1.70. The van der Waals surface area contributed by atoms with Gasteiger partial charge >= 0.3 is 0 Å². The molecule has 0 spiro atoms. The van der Waals surface area contributed by atoms with Gasteiger partial charge in [0.25, 0.3) is 0 Å². The Kier molecular flexibility index (Phi) is 8.19. The number of aliphatic hydroxyl groups excluding tert-OH is 1. The minimum atomic E-state index is -3.59. The number of hydrogen-bond donors (Lipinski definition) is 6. The van der Waals surface area contributed by atoms with Crippen LogP contribution in [0, 0.1) is 11.5 Å². The summed E-state index contributed by atoms with van der Waals surface area (Å²) >= 11 is 14.9. The summed E-state index contributed by atoms with van der Waals surface area (Å²) in [7, 11) is -3.59. The standard InChI is InChI=1S/C22H17ClN8O4S3/c23-20-27-21(25-10-24)29-22(28-20)26-15-6-5-13-14(19(15)37)9-16(36)17(18(13)33)31-30-11-1-3-12(4-2-11)38(34,35)8-7-32/h1-6,9,32-33,36-37H,7-8H2,(H2,25,26,27,28,29). The summed E-state index contributed by atoms with van der Waals surface area (Å²) in [4.78, 5) is 12.6.